The first-order chi connectivity index (χ1) is 16.0. The zero-order valence-electron chi connectivity index (χ0n) is 18.0. The van der Waals surface area contributed by atoms with Gasteiger partial charge in [-0.3, -0.25) is 9.59 Å². The second kappa shape index (κ2) is 9.20. The number of carbonyl (C=O) groups is 1. The Morgan fingerprint density at radius 1 is 1.15 bits per heavy atom. The summed E-state index contributed by atoms with van der Waals surface area (Å²) in [5, 5.41) is 6.17. The van der Waals surface area contributed by atoms with Gasteiger partial charge in [0.05, 0.1) is 29.1 Å². The van der Waals surface area contributed by atoms with Gasteiger partial charge in [-0.05, 0) is 44.1 Å². The Morgan fingerprint density at radius 3 is 2.85 bits per heavy atom. The molecule has 172 valence electrons. The van der Waals surface area contributed by atoms with E-state index in [0.717, 1.165) is 31.6 Å². The number of carbonyl (C=O) groups excluding carboxylic acids is 1. The number of nitrogens with one attached hydrogen (secondary N) is 2. The number of hydrogen-bond donors (Lipinski definition) is 2. The average molecular weight is 453 g/mol. The van der Waals surface area contributed by atoms with Crippen molar-refractivity contribution in [3.8, 4) is 5.88 Å². The molecule has 2 aliphatic heterocycles. The molecule has 5 rings (SSSR count). The summed E-state index contributed by atoms with van der Waals surface area (Å²) in [5.74, 6) is 0.0881. The molecule has 1 fully saturated rings. The molecule has 0 unspecified atom stereocenters. The van der Waals surface area contributed by atoms with E-state index in [0.29, 0.717) is 48.4 Å². The average Bonchev–Trinajstić information content (AvgIpc) is 2.82. The van der Waals surface area contributed by atoms with Crippen LogP contribution in [0.15, 0.2) is 35.4 Å². The van der Waals surface area contributed by atoms with Crippen molar-refractivity contribution in [3.63, 3.8) is 0 Å². The predicted molar refractivity (Wildman–Crippen MR) is 118 cm³/mol. The normalized spacial score (nSPS) is 16.9. The number of nitrogens with zero attached hydrogens (tertiary/aromatic N) is 5. The van der Waals surface area contributed by atoms with E-state index < -0.39 is 0 Å². The van der Waals surface area contributed by atoms with Gasteiger partial charge in [-0.1, -0.05) is 0 Å². The third-order valence-corrected chi connectivity index (χ3v) is 5.99. The number of hydrogen-bond acceptors (Lipinski definition) is 8. The van der Waals surface area contributed by atoms with Crippen LogP contribution in [0.25, 0.3) is 11.0 Å². The molecule has 1 amide bonds. The van der Waals surface area contributed by atoms with E-state index in [9.17, 15) is 14.0 Å². The number of piperidine rings is 1. The van der Waals surface area contributed by atoms with Crippen molar-refractivity contribution < 1.29 is 13.9 Å². The molecule has 0 atom stereocenters. The van der Waals surface area contributed by atoms with Crippen LogP contribution in [0, 0.1) is 5.82 Å². The molecule has 2 N–H and O–H groups in total. The fourth-order valence-electron chi connectivity index (χ4n) is 4.21. The topological polar surface area (TPSA) is 114 Å². The minimum Gasteiger partial charge on any atom is -0.465 e. The Bertz CT molecular complexity index is 1240. The van der Waals surface area contributed by atoms with Crippen LogP contribution in [0.1, 0.15) is 18.5 Å². The van der Waals surface area contributed by atoms with Crippen molar-refractivity contribution >= 4 is 22.8 Å². The van der Waals surface area contributed by atoms with Gasteiger partial charge < -0.3 is 24.8 Å². The Morgan fingerprint density at radius 2 is 2.00 bits per heavy atom. The van der Waals surface area contributed by atoms with E-state index in [1.165, 1.54) is 18.3 Å². The van der Waals surface area contributed by atoms with Crippen LogP contribution in [0.4, 0.5) is 10.2 Å². The van der Waals surface area contributed by atoms with Gasteiger partial charge in [0.15, 0.2) is 12.4 Å². The molecule has 0 saturated carbocycles. The Hall–Kier alpha value is -3.44. The van der Waals surface area contributed by atoms with Crippen LogP contribution < -0.4 is 20.9 Å². The fourth-order valence-corrected chi connectivity index (χ4v) is 4.21. The van der Waals surface area contributed by atoms with Gasteiger partial charge in [0.1, 0.15) is 5.82 Å². The second-order valence-electron chi connectivity index (χ2n) is 8.23. The van der Waals surface area contributed by atoms with Gasteiger partial charge >= 0.3 is 0 Å². The van der Waals surface area contributed by atoms with E-state index in [1.54, 1.807) is 16.8 Å². The number of anilines is 1. The summed E-state index contributed by atoms with van der Waals surface area (Å²) in [6.45, 7) is 3.48. The van der Waals surface area contributed by atoms with Crippen molar-refractivity contribution in [1.82, 2.24) is 29.7 Å². The van der Waals surface area contributed by atoms with Crippen LogP contribution >= 0.6 is 0 Å². The molecule has 1 saturated heterocycles. The lowest BCUT2D eigenvalue weighted by Crippen LogP contribution is -2.43. The molecular weight excluding hydrogens is 429 g/mol. The molecule has 0 aliphatic carbocycles. The minimum absolute atomic E-state index is 0.0409. The van der Waals surface area contributed by atoms with Crippen LogP contribution in [-0.4, -0.2) is 62.6 Å². The predicted octanol–water partition coefficient (Wildman–Crippen LogP) is 0.911. The lowest BCUT2D eigenvalue weighted by molar-refractivity contribution is -0.118. The highest BCUT2D eigenvalue weighted by atomic mass is 19.1. The molecule has 3 aromatic rings. The van der Waals surface area contributed by atoms with Crippen LogP contribution in [-0.2, 0) is 17.9 Å². The number of fused-ring (bicyclic) bond motifs is 2. The maximum Gasteiger partial charge on any atom is 0.269 e. The number of aromatic nitrogens is 4. The number of amides is 1. The minimum atomic E-state index is -0.380. The van der Waals surface area contributed by atoms with Crippen molar-refractivity contribution in [2.75, 3.05) is 31.6 Å². The third kappa shape index (κ3) is 4.83. The Labute approximate surface area is 188 Å². The highest BCUT2D eigenvalue weighted by Crippen LogP contribution is 2.22. The SMILES string of the molecule is O=C1COc2ncc(CNC3CCN(CCn4c(=O)cnc5ccc(F)cc54)CC3)nc2N1. The molecule has 1 aromatic carbocycles. The molecule has 4 heterocycles. The number of ether oxygens (including phenoxy) is 1. The Kier molecular flexibility index (Phi) is 5.97. The monoisotopic (exact) mass is 453 g/mol. The molecular formula is C22H24FN7O3. The van der Waals surface area contributed by atoms with E-state index in [-0.39, 0.29) is 23.9 Å². The summed E-state index contributed by atoms with van der Waals surface area (Å²) in [6.07, 6.45) is 4.85. The van der Waals surface area contributed by atoms with Gasteiger partial charge in [0, 0.05) is 25.7 Å². The standard InChI is InChI=1S/C22H24FN7O3/c23-14-1-2-17-18(9-14)30(20(32)12-25-17)8-7-29-5-3-15(4-6-29)24-10-16-11-26-22-21(27-16)28-19(31)13-33-22/h1-2,9,11-12,15,24H,3-8,10,13H2,(H,27,28,31). The van der Waals surface area contributed by atoms with E-state index in [2.05, 4.69) is 30.5 Å². The van der Waals surface area contributed by atoms with E-state index in [4.69, 9.17) is 4.74 Å². The summed E-state index contributed by atoms with van der Waals surface area (Å²) < 4.78 is 20.5. The van der Waals surface area contributed by atoms with Crippen molar-refractivity contribution in [3.05, 3.63) is 52.5 Å². The molecule has 11 heteroatoms. The maximum absolute atomic E-state index is 13.7. The smallest absolute Gasteiger partial charge is 0.269 e. The van der Waals surface area contributed by atoms with Crippen LogP contribution in [0.3, 0.4) is 0 Å². The molecule has 10 nitrogen and oxygen atoms in total. The molecule has 2 aromatic heterocycles. The summed E-state index contributed by atoms with van der Waals surface area (Å²) >= 11 is 0. The molecule has 33 heavy (non-hydrogen) atoms. The van der Waals surface area contributed by atoms with E-state index >= 15 is 0 Å². The van der Waals surface area contributed by atoms with E-state index in [1.807, 2.05) is 0 Å². The number of halogens is 1. The summed E-state index contributed by atoms with van der Waals surface area (Å²) in [4.78, 5) is 38.8. The van der Waals surface area contributed by atoms with Crippen molar-refractivity contribution in [2.24, 2.45) is 0 Å². The van der Waals surface area contributed by atoms with Crippen molar-refractivity contribution in [1.29, 1.82) is 0 Å². The quantitative estimate of drug-likeness (QED) is 0.566. The zero-order valence-corrected chi connectivity index (χ0v) is 18.0. The fraction of sp³-hybridized carbons (Fsp3) is 0.409. The molecule has 2 aliphatic rings. The second-order valence-corrected chi connectivity index (χ2v) is 8.23. The number of rotatable bonds is 6. The first-order valence-electron chi connectivity index (χ1n) is 10.9. The lowest BCUT2D eigenvalue weighted by Gasteiger charge is -2.32. The largest absolute Gasteiger partial charge is 0.465 e. The zero-order chi connectivity index (χ0) is 22.8. The van der Waals surface area contributed by atoms with Gasteiger partial charge in [0.2, 0.25) is 0 Å². The molecule has 0 spiro atoms. The summed E-state index contributed by atoms with van der Waals surface area (Å²) in [6, 6.07) is 4.64. The van der Waals surface area contributed by atoms with Crippen LogP contribution in [0.2, 0.25) is 0 Å². The highest BCUT2D eigenvalue weighted by Gasteiger charge is 2.21. The third-order valence-electron chi connectivity index (χ3n) is 5.99. The molecule has 0 bridgehead atoms. The van der Waals surface area contributed by atoms with Crippen LogP contribution in [0.5, 0.6) is 5.88 Å². The van der Waals surface area contributed by atoms with Gasteiger partial charge in [-0.15, -0.1) is 0 Å². The highest BCUT2D eigenvalue weighted by molar-refractivity contribution is 5.93. The van der Waals surface area contributed by atoms with Crippen molar-refractivity contribution in [2.45, 2.75) is 32.0 Å². The van der Waals surface area contributed by atoms with Gasteiger partial charge in [0.25, 0.3) is 17.3 Å². The Balaban J connectivity index is 1.13. The lowest BCUT2D eigenvalue weighted by atomic mass is 10.0. The number of likely N-dealkylation sites (tertiary alicyclic amines) is 1. The first kappa shape index (κ1) is 21.4. The maximum atomic E-state index is 13.7. The van der Waals surface area contributed by atoms with Gasteiger partial charge in [-0.25, -0.2) is 19.3 Å². The first-order valence-corrected chi connectivity index (χ1v) is 10.9. The van der Waals surface area contributed by atoms with Gasteiger partial charge in [-0.2, -0.15) is 0 Å². The summed E-state index contributed by atoms with van der Waals surface area (Å²) in [7, 11) is 0. The number of benzene rings is 1. The molecule has 0 radical (unpaired) electrons. The summed E-state index contributed by atoms with van der Waals surface area (Å²) in [5.41, 5.74) is 1.64.